The summed E-state index contributed by atoms with van der Waals surface area (Å²) < 4.78 is 11.1. The highest BCUT2D eigenvalue weighted by molar-refractivity contribution is 5.95. The number of H-pyrrole nitrogens is 1. The molecule has 2 heterocycles. The van der Waals surface area contributed by atoms with Gasteiger partial charge in [-0.25, -0.2) is 9.97 Å². The van der Waals surface area contributed by atoms with Gasteiger partial charge in [0.05, 0.1) is 36.5 Å². The molecule has 0 saturated carbocycles. The van der Waals surface area contributed by atoms with Crippen LogP contribution in [-0.2, 0) is 0 Å². The van der Waals surface area contributed by atoms with Crippen LogP contribution in [0.1, 0.15) is 5.56 Å². The topological polar surface area (TPSA) is 60.0 Å². The Labute approximate surface area is 174 Å². The van der Waals surface area contributed by atoms with Crippen LogP contribution >= 0.6 is 0 Å². The lowest BCUT2D eigenvalue weighted by atomic mass is 10.0. The van der Waals surface area contributed by atoms with Crippen molar-refractivity contribution >= 4 is 21.9 Å². The standard InChI is InChI=1S/C25H21N3O2/c1-15-8-10-16(11-9-15)24-19(25-27-20-6-4-5-7-21(20)28-25)14-18-22(26-24)12-17(29-2)13-23(18)30-3/h4-14H,1-3H3,(H,27,28). The quantitative estimate of drug-likeness (QED) is 0.420. The maximum atomic E-state index is 5.63. The Kier molecular flexibility index (Phi) is 4.36. The maximum absolute atomic E-state index is 5.63. The van der Waals surface area contributed by atoms with Gasteiger partial charge in [0.15, 0.2) is 0 Å². The number of aromatic nitrogens is 3. The van der Waals surface area contributed by atoms with E-state index in [9.17, 15) is 0 Å². The van der Waals surface area contributed by atoms with Gasteiger partial charge >= 0.3 is 0 Å². The van der Waals surface area contributed by atoms with E-state index in [4.69, 9.17) is 19.4 Å². The largest absolute Gasteiger partial charge is 0.497 e. The zero-order valence-corrected chi connectivity index (χ0v) is 17.1. The molecule has 0 aliphatic carbocycles. The van der Waals surface area contributed by atoms with Gasteiger partial charge < -0.3 is 14.5 Å². The minimum absolute atomic E-state index is 0.707. The first-order valence-corrected chi connectivity index (χ1v) is 9.75. The van der Waals surface area contributed by atoms with Crippen molar-refractivity contribution in [2.75, 3.05) is 14.2 Å². The van der Waals surface area contributed by atoms with Gasteiger partial charge in [-0.3, -0.25) is 0 Å². The summed E-state index contributed by atoms with van der Waals surface area (Å²) in [6, 6.07) is 22.3. The van der Waals surface area contributed by atoms with E-state index in [1.54, 1.807) is 14.2 Å². The van der Waals surface area contributed by atoms with Crippen molar-refractivity contribution in [3.63, 3.8) is 0 Å². The van der Waals surface area contributed by atoms with Gasteiger partial charge in [0, 0.05) is 28.6 Å². The molecule has 0 radical (unpaired) electrons. The number of nitrogens with zero attached hydrogens (tertiary/aromatic N) is 2. The molecule has 0 aliphatic rings. The van der Waals surface area contributed by atoms with Crippen molar-refractivity contribution < 1.29 is 9.47 Å². The van der Waals surface area contributed by atoms with Crippen molar-refractivity contribution in [2.24, 2.45) is 0 Å². The van der Waals surface area contributed by atoms with Crippen molar-refractivity contribution in [3.05, 3.63) is 72.3 Å². The fourth-order valence-corrected chi connectivity index (χ4v) is 3.70. The van der Waals surface area contributed by atoms with E-state index >= 15 is 0 Å². The lowest BCUT2D eigenvalue weighted by Gasteiger charge is -2.13. The first-order chi connectivity index (χ1) is 14.7. The third-order valence-corrected chi connectivity index (χ3v) is 5.29. The summed E-state index contributed by atoms with van der Waals surface area (Å²) >= 11 is 0. The van der Waals surface area contributed by atoms with E-state index < -0.39 is 0 Å². The van der Waals surface area contributed by atoms with Crippen LogP contribution in [0.2, 0.25) is 0 Å². The molecule has 148 valence electrons. The Bertz CT molecular complexity index is 1340. The van der Waals surface area contributed by atoms with Gasteiger partial charge in [-0.2, -0.15) is 0 Å². The molecular weight excluding hydrogens is 374 g/mol. The number of aryl methyl sites for hydroxylation is 1. The highest BCUT2D eigenvalue weighted by Crippen LogP contribution is 2.38. The summed E-state index contributed by atoms with van der Waals surface area (Å²) in [7, 11) is 3.30. The number of aromatic amines is 1. The highest BCUT2D eigenvalue weighted by atomic mass is 16.5. The van der Waals surface area contributed by atoms with E-state index in [-0.39, 0.29) is 0 Å². The molecule has 0 amide bonds. The number of hydrogen-bond acceptors (Lipinski definition) is 4. The number of imidazole rings is 1. The number of hydrogen-bond donors (Lipinski definition) is 1. The Hall–Kier alpha value is -3.86. The molecule has 30 heavy (non-hydrogen) atoms. The lowest BCUT2D eigenvalue weighted by molar-refractivity contribution is 0.398. The van der Waals surface area contributed by atoms with Gasteiger partial charge in [-0.1, -0.05) is 42.0 Å². The average Bonchev–Trinajstić information content (AvgIpc) is 3.22. The predicted octanol–water partition coefficient (Wildman–Crippen LogP) is 5.77. The number of nitrogens with one attached hydrogen (secondary N) is 1. The third kappa shape index (κ3) is 3.05. The second-order valence-electron chi connectivity index (χ2n) is 7.25. The molecule has 0 atom stereocenters. The van der Waals surface area contributed by atoms with E-state index in [1.165, 1.54) is 5.56 Å². The summed E-state index contributed by atoms with van der Waals surface area (Å²) in [4.78, 5) is 13.3. The summed E-state index contributed by atoms with van der Waals surface area (Å²) in [5.74, 6) is 2.20. The first kappa shape index (κ1) is 18.2. The van der Waals surface area contributed by atoms with Crippen LogP contribution in [0, 0.1) is 6.92 Å². The Morgan fingerprint density at radius 3 is 2.33 bits per heavy atom. The smallest absolute Gasteiger partial charge is 0.140 e. The van der Waals surface area contributed by atoms with Crippen molar-refractivity contribution in [2.45, 2.75) is 6.92 Å². The molecule has 5 nitrogen and oxygen atoms in total. The monoisotopic (exact) mass is 395 g/mol. The molecule has 0 bridgehead atoms. The fraction of sp³-hybridized carbons (Fsp3) is 0.120. The highest BCUT2D eigenvalue weighted by Gasteiger charge is 2.17. The average molecular weight is 395 g/mol. The van der Waals surface area contributed by atoms with Gasteiger partial charge in [-0.05, 0) is 25.1 Å². The minimum atomic E-state index is 0.707. The molecule has 5 rings (SSSR count). The first-order valence-electron chi connectivity index (χ1n) is 9.75. The van der Waals surface area contributed by atoms with Crippen LogP contribution in [0.15, 0.2) is 66.7 Å². The Balaban J connectivity index is 1.83. The molecule has 5 heteroatoms. The molecule has 0 spiro atoms. The zero-order valence-electron chi connectivity index (χ0n) is 17.1. The van der Waals surface area contributed by atoms with Crippen LogP contribution in [0.3, 0.4) is 0 Å². The number of ether oxygens (including phenoxy) is 2. The number of methoxy groups -OCH3 is 2. The van der Waals surface area contributed by atoms with Gasteiger partial charge in [0.25, 0.3) is 0 Å². The van der Waals surface area contributed by atoms with Gasteiger partial charge in [-0.15, -0.1) is 0 Å². The fourth-order valence-electron chi connectivity index (χ4n) is 3.70. The number of pyridine rings is 1. The number of rotatable bonds is 4. The van der Waals surface area contributed by atoms with Crippen LogP contribution < -0.4 is 9.47 Å². The predicted molar refractivity (Wildman–Crippen MR) is 120 cm³/mol. The van der Waals surface area contributed by atoms with E-state index in [0.717, 1.165) is 44.6 Å². The van der Waals surface area contributed by atoms with Crippen molar-refractivity contribution in [1.29, 1.82) is 0 Å². The van der Waals surface area contributed by atoms with E-state index in [0.29, 0.717) is 11.5 Å². The minimum Gasteiger partial charge on any atom is -0.497 e. The summed E-state index contributed by atoms with van der Waals surface area (Å²) in [5, 5.41) is 0.907. The van der Waals surface area contributed by atoms with Crippen molar-refractivity contribution in [3.8, 4) is 34.1 Å². The second kappa shape index (κ2) is 7.19. The SMILES string of the molecule is COc1cc(OC)c2cc(-c3nc4ccccc4[nH]3)c(-c3ccc(C)cc3)nc2c1. The number of fused-ring (bicyclic) bond motifs is 2. The van der Waals surface area contributed by atoms with Gasteiger partial charge in [0.1, 0.15) is 17.3 Å². The van der Waals surface area contributed by atoms with Crippen molar-refractivity contribution in [1.82, 2.24) is 15.0 Å². The van der Waals surface area contributed by atoms with Crippen LogP contribution in [0.25, 0.3) is 44.6 Å². The summed E-state index contributed by atoms with van der Waals surface area (Å²) in [6.45, 7) is 2.08. The molecular formula is C25H21N3O2. The summed E-state index contributed by atoms with van der Waals surface area (Å²) in [6.07, 6.45) is 0. The molecule has 0 saturated heterocycles. The second-order valence-corrected chi connectivity index (χ2v) is 7.25. The zero-order chi connectivity index (χ0) is 20.7. The normalized spacial score (nSPS) is 11.2. The molecule has 1 N–H and O–H groups in total. The lowest BCUT2D eigenvalue weighted by Crippen LogP contribution is -1.96. The van der Waals surface area contributed by atoms with Crippen LogP contribution in [-0.4, -0.2) is 29.2 Å². The molecule has 0 fully saturated rings. The Morgan fingerprint density at radius 2 is 1.60 bits per heavy atom. The number of para-hydroxylation sites is 2. The van der Waals surface area contributed by atoms with E-state index in [1.807, 2.05) is 36.4 Å². The number of benzene rings is 3. The van der Waals surface area contributed by atoms with E-state index in [2.05, 4.69) is 42.2 Å². The molecule has 3 aromatic carbocycles. The summed E-state index contributed by atoms with van der Waals surface area (Å²) in [5.41, 5.74) is 6.73. The molecule has 0 aliphatic heterocycles. The molecule has 0 unspecified atom stereocenters. The molecule has 5 aromatic rings. The maximum Gasteiger partial charge on any atom is 0.140 e. The third-order valence-electron chi connectivity index (χ3n) is 5.29. The Morgan fingerprint density at radius 1 is 0.800 bits per heavy atom. The van der Waals surface area contributed by atoms with Gasteiger partial charge in [0.2, 0.25) is 0 Å². The molecule has 2 aromatic heterocycles. The van der Waals surface area contributed by atoms with Crippen LogP contribution in [0.5, 0.6) is 11.5 Å². The van der Waals surface area contributed by atoms with Crippen LogP contribution in [0.4, 0.5) is 0 Å².